The Kier molecular flexibility index (Phi) is 11.8. The third-order valence-corrected chi connectivity index (χ3v) is 8.76. The standard InChI is InChI=1S/C35H37F8N3O4/c1-19-12-23(36)13-20-8-6-4-5-7-9-28(46-18-21(10-11-45(2)3)25(16-29(46)47)34(38,39)40)33(50)44-27(17-30(48)49)24-14-22(31(19)20)15-26(32(24)37)35(41,42)43/h12-16,18,27-28H,4-11,17H2,1-3H3,(H,44,50)(H,48,49)/t27-,28-/m0/s1. The van der Waals surface area contributed by atoms with Crippen LogP contribution in [0, 0.1) is 18.6 Å². The van der Waals surface area contributed by atoms with Gasteiger partial charge in [-0.15, -0.1) is 0 Å². The number of fused-ring (bicyclic) bond motifs is 4. The molecule has 1 aliphatic rings. The van der Waals surface area contributed by atoms with Gasteiger partial charge < -0.3 is 19.9 Å². The van der Waals surface area contributed by atoms with Gasteiger partial charge in [0.15, 0.2) is 0 Å². The average Bonchev–Trinajstić information content (AvgIpc) is 2.98. The Balaban J connectivity index is 1.93. The van der Waals surface area contributed by atoms with E-state index >= 15 is 4.39 Å². The number of amides is 1. The summed E-state index contributed by atoms with van der Waals surface area (Å²) in [5, 5.41) is 12.0. The zero-order valence-electron chi connectivity index (χ0n) is 27.6. The Hall–Kier alpha value is -4.27. The average molecular weight is 716 g/mol. The minimum Gasteiger partial charge on any atom is -0.481 e. The summed E-state index contributed by atoms with van der Waals surface area (Å²) >= 11 is 0. The zero-order valence-corrected chi connectivity index (χ0v) is 27.6. The Morgan fingerprint density at radius 3 is 2.22 bits per heavy atom. The van der Waals surface area contributed by atoms with Crippen LogP contribution in [0.1, 0.15) is 84.0 Å². The number of aromatic nitrogens is 1. The number of likely N-dealkylation sites (N-methyl/N-ethyl adjacent to an activating group) is 1. The highest BCUT2D eigenvalue weighted by Crippen LogP contribution is 2.41. The summed E-state index contributed by atoms with van der Waals surface area (Å²) in [7, 11) is 3.27. The van der Waals surface area contributed by atoms with Crippen molar-refractivity contribution in [1.82, 2.24) is 14.8 Å². The molecule has 1 aliphatic heterocycles. The highest BCUT2D eigenvalue weighted by Gasteiger charge is 2.39. The first-order valence-electron chi connectivity index (χ1n) is 16.0. The van der Waals surface area contributed by atoms with E-state index in [1.807, 2.05) is 0 Å². The number of carbonyl (C=O) groups excluding carboxylic acids is 1. The summed E-state index contributed by atoms with van der Waals surface area (Å²) in [5.74, 6) is -5.18. The molecular weight excluding hydrogens is 678 g/mol. The number of aliphatic carboxylic acids is 1. The number of alkyl halides is 6. The van der Waals surface area contributed by atoms with Crippen molar-refractivity contribution in [2.24, 2.45) is 0 Å². The molecule has 2 heterocycles. The SMILES string of the molecule is Cc1cc(F)cc2c1-c1cc(c(F)c(C(F)(F)F)c1)[C@H](CC(=O)O)NC(=O)[C@@H](n1cc(CCN(C)C)c(C(F)(F)F)cc1=O)CCCCCC2. The number of aryl methyl sites for hydroxylation is 2. The lowest BCUT2D eigenvalue weighted by Crippen LogP contribution is -2.40. The molecule has 272 valence electrons. The van der Waals surface area contributed by atoms with Crippen LogP contribution in [-0.4, -0.2) is 47.1 Å². The largest absolute Gasteiger partial charge is 0.481 e. The van der Waals surface area contributed by atoms with Gasteiger partial charge in [0.05, 0.1) is 23.6 Å². The maximum atomic E-state index is 15.8. The van der Waals surface area contributed by atoms with Gasteiger partial charge in [-0.3, -0.25) is 14.4 Å². The molecule has 0 saturated heterocycles. The van der Waals surface area contributed by atoms with Crippen LogP contribution >= 0.6 is 0 Å². The molecule has 0 unspecified atom stereocenters. The van der Waals surface area contributed by atoms with Crippen molar-refractivity contribution in [3.8, 4) is 11.1 Å². The smallest absolute Gasteiger partial charge is 0.419 e. The predicted octanol–water partition coefficient (Wildman–Crippen LogP) is 7.62. The lowest BCUT2D eigenvalue weighted by atomic mass is 9.88. The second-order valence-electron chi connectivity index (χ2n) is 12.8. The van der Waals surface area contributed by atoms with Crippen LogP contribution in [0.4, 0.5) is 35.1 Å². The number of hydrogen-bond donors (Lipinski definition) is 2. The molecule has 0 radical (unpaired) electrons. The lowest BCUT2D eigenvalue weighted by Gasteiger charge is -2.26. The van der Waals surface area contributed by atoms with E-state index in [0.29, 0.717) is 37.0 Å². The molecule has 2 aromatic carbocycles. The van der Waals surface area contributed by atoms with Crippen molar-refractivity contribution >= 4 is 11.9 Å². The first-order valence-corrected chi connectivity index (χ1v) is 16.0. The summed E-state index contributed by atoms with van der Waals surface area (Å²) in [4.78, 5) is 40.8. The minimum atomic E-state index is -5.26. The Labute approximate surface area is 282 Å². The van der Waals surface area contributed by atoms with Crippen molar-refractivity contribution in [2.75, 3.05) is 20.6 Å². The summed E-state index contributed by atoms with van der Waals surface area (Å²) in [5.41, 5.74) is -4.59. The van der Waals surface area contributed by atoms with Crippen LogP contribution in [-0.2, 0) is 34.8 Å². The molecule has 1 amide bonds. The van der Waals surface area contributed by atoms with Crippen molar-refractivity contribution < 1.29 is 49.8 Å². The number of carboxylic acid groups (broad SMARTS) is 1. The van der Waals surface area contributed by atoms with Crippen LogP contribution in [0.15, 0.2) is 41.3 Å². The van der Waals surface area contributed by atoms with Crippen LogP contribution in [0.3, 0.4) is 0 Å². The van der Waals surface area contributed by atoms with Gasteiger partial charge in [-0.2, -0.15) is 26.3 Å². The van der Waals surface area contributed by atoms with E-state index in [1.165, 1.54) is 13.0 Å². The molecule has 2 N–H and O–H groups in total. The number of pyridine rings is 1. The monoisotopic (exact) mass is 715 g/mol. The summed E-state index contributed by atoms with van der Waals surface area (Å²) in [6.07, 6.45) is -8.72. The Morgan fingerprint density at radius 2 is 1.60 bits per heavy atom. The summed E-state index contributed by atoms with van der Waals surface area (Å²) in [6.45, 7) is 1.63. The third kappa shape index (κ3) is 9.09. The maximum Gasteiger partial charge on any atom is 0.419 e. The summed E-state index contributed by atoms with van der Waals surface area (Å²) in [6, 6.07) is 0.774. The van der Waals surface area contributed by atoms with E-state index in [9.17, 15) is 50.2 Å². The van der Waals surface area contributed by atoms with E-state index < -0.39 is 76.6 Å². The van der Waals surface area contributed by atoms with Crippen LogP contribution < -0.4 is 10.9 Å². The fraction of sp³-hybridized carbons (Fsp3) is 0.457. The number of nitrogens with zero attached hydrogens (tertiary/aromatic N) is 2. The number of halogens is 8. The molecule has 0 saturated carbocycles. The van der Waals surface area contributed by atoms with Gasteiger partial charge in [0.1, 0.15) is 17.7 Å². The van der Waals surface area contributed by atoms with E-state index in [4.69, 9.17) is 0 Å². The highest BCUT2D eigenvalue weighted by atomic mass is 19.4. The predicted molar refractivity (Wildman–Crippen MR) is 168 cm³/mol. The Morgan fingerprint density at radius 1 is 0.940 bits per heavy atom. The molecule has 2 bridgehead atoms. The molecule has 50 heavy (non-hydrogen) atoms. The van der Waals surface area contributed by atoms with E-state index in [2.05, 4.69) is 5.32 Å². The molecule has 3 aromatic rings. The second kappa shape index (κ2) is 15.3. The molecule has 2 atom stereocenters. The Bertz CT molecular complexity index is 1800. The van der Waals surface area contributed by atoms with Crippen LogP contribution in [0.25, 0.3) is 11.1 Å². The van der Waals surface area contributed by atoms with Crippen molar-refractivity contribution in [1.29, 1.82) is 0 Å². The fourth-order valence-corrected chi connectivity index (χ4v) is 6.40. The van der Waals surface area contributed by atoms with Crippen molar-refractivity contribution in [2.45, 2.75) is 82.7 Å². The number of carboxylic acids is 1. The number of nitrogens with one attached hydrogen (secondary N) is 1. The summed E-state index contributed by atoms with van der Waals surface area (Å²) < 4.78 is 116. The lowest BCUT2D eigenvalue weighted by molar-refractivity contribution is -0.140. The number of rotatable bonds is 6. The third-order valence-electron chi connectivity index (χ3n) is 8.76. The van der Waals surface area contributed by atoms with Crippen molar-refractivity contribution in [3.63, 3.8) is 0 Å². The topological polar surface area (TPSA) is 91.6 Å². The van der Waals surface area contributed by atoms with Gasteiger partial charge in [-0.05, 0) is 98.8 Å². The van der Waals surface area contributed by atoms with E-state index in [0.717, 1.165) is 22.9 Å². The zero-order chi connectivity index (χ0) is 37.1. The number of benzene rings is 2. The first-order chi connectivity index (χ1) is 23.3. The molecule has 1 aromatic heterocycles. The molecule has 4 rings (SSSR count). The quantitative estimate of drug-likeness (QED) is 0.257. The van der Waals surface area contributed by atoms with Gasteiger partial charge in [-0.25, -0.2) is 8.78 Å². The fourth-order valence-electron chi connectivity index (χ4n) is 6.40. The normalized spacial score (nSPS) is 17.9. The van der Waals surface area contributed by atoms with E-state index in [1.54, 1.807) is 19.0 Å². The van der Waals surface area contributed by atoms with Gasteiger partial charge in [0.25, 0.3) is 5.56 Å². The molecular formula is C35H37F8N3O4. The minimum absolute atomic E-state index is 0.120. The van der Waals surface area contributed by atoms with E-state index in [-0.39, 0.29) is 54.5 Å². The molecule has 0 fully saturated rings. The van der Waals surface area contributed by atoms with Gasteiger partial charge in [0, 0.05) is 24.4 Å². The highest BCUT2D eigenvalue weighted by molar-refractivity contribution is 5.82. The number of hydrogen-bond acceptors (Lipinski definition) is 4. The van der Waals surface area contributed by atoms with Gasteiger partial charge in [-0.1, -0.05) is 19.3 Å². The molecule has 7 nitrogen and oxygen atoms in total. The molecule has 0 spiro atoms. The van der Waals surface area contributed by atoms with Gasteiger partial charge >= 0.3 is 18.3 Å². The second-order valence-corrected chi connectivity index (χ2v) is 12.8. The first kappa shape index (κ1) is 38.5. The maximum absolute atomic E-state index is 15.8. The molecule has 15 heteroatoms. The van der Waals surface area contributed by atoms with Crippen molar-refractivity contribution in [3.05, 3.63) is 91.9 Å². The van der Waals surface area contributed by atoms with Gasteiger partial charge in [0.2, 0.25) is 5.91 Å². The van der Waals surface area contributed by atoms with Crippen LogP contribution in [0.2, 0.25) is 0 Å². The van der Waals surface area contributed by atoms with Crippen LogP contribution in [0.5, 0.6) is 0 Å². The number of carbonyl (C=O) groups is 2. The molecule has 0 aliphatic carbocycles.